The van der Waals surface area contributed by atoms with E-state index in [1.165, 1.54) is 0 Å². The molecule has 2 aromatic carbocycles. The van der Waals surface area contributed by atoms with E-state index in [9.17, 15) is 8.42 Å². The molecule has 122 valence electrons. The fourth-order valence-corrected chi connectivity index (χ4v) is 5.09. The van der Waals surface area contributed by atoms with Crippen LogP contribution in [0.3, 0.4) is 0 Å². The predicted molar refractivity (Wildman–Crippen MR) is 94.7 cm³/mol. The van der Waals surface area contributed by atoms with E-state index in [0.29, 0.717) is 18.0 Å². The van der Waals surface area contributed by atoms with Gasteiger partial charge in [0.05, 0.1) is 10.9 Å². The molecule has 2 aromatic rings. The summed E-state index contributed by atoms with van der Waals surface area (Å²) in [5.41, 5.74) is 1.03. The van der Waals surface area contributed by atoms with Crippen molar-refractivity contribution in [2.24, 2.45) is 0 Å². The molecule has 0 radical (unpaired) electrons. The van der Waals surface area contributed by atoms with Crippen LogP contribution in [0, 0.1) is 0 Å². The van der Waals surface area contributed by atoms with Gasteiger partial charge >= 0.3 is 0 Å². The molecule has 1 heterocycles. The fraction of sp³-hybridized carbons (Fsp3) is 0.294. The first-order valence-corrected chi connectivity index (χ1v) is 9.73. The molecule has 4 nitrogen and oxygen atoms in total. The van der Waals surface area contributed by atoms with Crippen LogP contribution in [0.1, 0.15) is 11.6 Å². The molecule has 1 fully saturated rings. The van der Waals surface area contributed by atoms with Crippen LogP contribution in [0.15, 0.2) is 64.0 Å². The lowest BCUT2D eigenvalue weighted by Gasteiger charge is -2.39. The van der Waals surface area contributed by atoms with Crippen molar-refractivity contribution in [2.45, 2.75) is 10.9 Å². The second kappa shape index (κ2) is 6.73. The van der Waals surface area contributed by atoms with E-state index in [1.807, 2.05) is 43.4 Å². The first-order chi connectivity index (χ1) is 11.0. The molecule has 0 amide bonds. The van der Waals surface area contributed by atoms with Crippen LogP contribution < -0.4 is 0 Å². The minimum absolute atomic E-state index is 0.168. The number of halogens is 1. The van der Waals surface area contributed by atoms with E-state index in [-0.39, 0.29) is 6.04 Å². The fourth-order valence-electron chi connectivity index (χ4n) is 2.90. The van der Waals surface area contributed by atoms with E-state index in [1.54, 1.807) is 22.5 Å². The molecule has 6 heteroatoms. The highest BCUT2D eigenvalue weighted by Crippen LogP contribution is 2.31. The van der Waals surface area contributed by atoms with Crippen molar-refractivity contribution in [1.82, 2.24) is 9.21 Å². The molecule has 3 rings (SSSR count). The minimum Gasteiger partial charge on any atom is -0.303 e. The Hall–Kier alpha value is -1.21. The third-order valence-corrected chi connectivity index (χ3v) is 6.52. The van der Waals surface area contributed by atoms with Gasteiger partial charge in [-0.3, -0.25) is 0 Å². The van der Waals surface area contributed by atoms with E-state index in [0.717, 1.165) is 16.6 Å². The highest BCUT2D eigenvalue weighted by Gasteiger charge is 2.36. The van der Waals surface area contributed by atoms with Gasteiger partial charge in [0.1, 0.15) is 0 Å². The molecular weight excluding hydrogens is 376 g/mol. The van der Waals surface area contributed by atoms with Gasteiger partial charge in [-0.2, -0.15) is 4.31 Å². The minimum atomic E-state index is -3.53. The normalized spacial score (nSPS) is 20.5. The maximum atomic E-state index is 13.1. The molecule has 0 aliphatic carbocycles. The standard InChI is InChI=1S/C17H19BrN2O2S/c1-19-10-11-20(17(13-19)14-6-3-2-4-7-14)23(21,22)16-9-5-8-15(18)12-16/h2-9,12,17H,10-11,13H2,1H3/t17-/m0/s1. The average molecular weight is 395 g/mol. The Morgan fingerprint density at radius 2 is 1.78 bits per heavy atom. The van der Waals surface area contributed by atoms with Gasteiger partial charge in [0.15, 0.2) is 0 Å². The lowest BCUT2D eigenvalue weighted by atomic mass is 10.1. The Morgan fingerprint density at radius 3 is 2.48 bits per heavy atom. The van der Waals surface area contributed by atoms with Crippen molar-refractivity contribution >= 4 is 26.0 Å². The largest absolute Gasteiger partial charge is 0.303 e. The quantitative estimate of drug-likeness (QED) is 0.802. The molecule has 23 heavy (non-hydrogen) atoms. The zero-order valence-corrected chi connectivity index (χ0v) is 15.3. The predicted octanol–water partition coefficient (Wildman–Crippen LogP) is 3.13. The van der Waals surface area contributed by atoms with Crippen molar-refractivity contribution in [3.05, 3.63) is 64.6 Å². The number of hydrogen-bond acceptors (Lipinski definition) is 3. The smallest absolute Gasteiger partial charge is 0.243 e. The Morgan fingerprint density at radius 1 is 1.04 bits per heavy atom. The molecule has 0 bridgehead atoms. The van der Waals surface area contributed by atoms with Crippen LogP contribution in [0.25, 0.3) is 0 Å². The van der Waals surface area contributed by atoms with Crippen molar-refractivity contribution in [2.75, 3.05) is 26.7 Å². The summed E-state index contributed by atoms with van der Waals surface area (Å²) < 4.78 is 28.6. The molecule has 1 atom stereocenters. The number of rotatable bonds is 3. The average Bonchev–Trinajstić information content (AvgIpc) is 2.55. The van der Waals surface area contributed by atoms with Gasteiger partial charge < -0.3 is 4.90 Å². The molecular formula is C17H19BrN2O2S. The highest BCUT2D eigenvalue weighted by molar-refractivity contribution is 9.10. The lowest BCUT2D eigenvalue weighted by Crippen LogP contribution is -2.49. The Balaban J connectivity index is 2.01. The third kappa shape index (κ3) is 3.50. The number of hydrogen-bond donors (Lipinski definition) is 0. The summed E-state index contributed by atoms with van der Waals surface area (Å²) in [6.45, 7) is 1.92. The zero-order valence-electron chi connectivity index (χ0n) is 12.9. The van der Waals surface area contributed by atoms with Gasteiger partial charge in [-0.05, 0) is 30.8 Å². The van der Waals surface area contributed by atoms with Gasteiger partial charge in [0.25, 0.3) is 0 Å². The van der Waals surface area contributed by atoms with Gasteiger partial charge in [-0.25, -0.2) is 8.42 Å². The summed E-state index contributed by atoms with van der Waals surface area (Å²) in [5, 5.41) is 0. The summed E-state index contributed by atoms with van der Waals surface area (Å²) >= 11 is 3.36. The first-order valence-electron chi connectivity index (χ1n) is 7.49. The van der Waals surface area contributed by atoms with Crippen molar-refractivity contribution in [1.29, 1.82) is 0 Å². The second-order valence-electron chi connectivity index (χ2n) is 5.76. The maximum Gasteiger partial charge on any atom is 0.243 e. The van der Waals surface area contributed by atoms with Crippen molar-refractivity contribution < 1.29 is 8.42 Å². The van der Waals surface area contributed by atoms with Crippen LogP contribution in [0.5, 0.6) is 0 Å². The number of piperazine rings is 1. The van der Waals surface area contributed by atoms with E-state index >= 15 is 0 Å². The number of nitrogens with zero attached hydrogens (tertiary/aromatic N) is 2. The lowest BCUT2D eigenvalue weighted by molar-refractivity contribution is 0.160. The van der Waals surface area contributed by atoms with E-state index in [4.69, 9.17) is 0 Å². The first kappa shape index (κ1) is 16.6. The van der Waals surface area contributed by atoms with Gasteiger partial charge in [0.2, 0.25) is 10.0 Å². The van der Waals surface area contributed by atoms with E-state index in [2.05, 4.69) is 20.8 Å². The van der Waals surface area contributed by atoms with Crippen LogP contribution in [0.2, 0.25) is 0 Å². The maximum absolute atomic E-state index is 13.1. The van der Waals surface area contributed by atoms with Gasteiger partial charge in [-0.15, -0.1) is 0 Å². The summed E-state index contributed by atoms with van der Waals surface area (Å²) in [4.78, 5) is 2.50. The molecule has 0 saturated carbocycles. The second-order valence-corrected chi connectivity index (χ2v) is 8.57. The summed E-state index contributed by atoms with van der Waals surface area (Å²) in [6, 6.07) is 16.6. The molecule has 1 aliphatic heterocycles. The summed E-state index contributed by atoms with van der Waals surface area (Å²) in [5.74, 6) is 0. The third-order valence-electron chi connectivity index (χ3n) is 4.12. The van der Waals surface area contributed by atoms with Crippen LogP contribution in [-0.4, -0.2) is 44.3 Å². The zero-order chi connectivity index (χ0) is 16.4. The van der Waals surface area contributed by atoms with Crippen LogP contribution in [-0.2, 0) is 10.0 Å². The SMILES string of the molecule is CN1CCN(S(=O)(=O)c2cccc(Br)c2)[C@H](c2ccccc2)C1. The molecule has 1 aliphatic rings. The Bertz CT molecular complexity index is 780. The Kier molecular flexibility index (Phi) is 4.87. The van der Waals surface area contributed by atoms with Crippen LogP contribution in [0.4, 0.5) is 0 Å². The molecule has 0 spiro atoms. The van der Waals surface area contributed by atoms with Crippen LogP contribution >= 0.6 is 15.9 Å². The molecule has 0 aromatic heterocycles. The van der Waals surface area contributed by atoms with Crippen molar-refractivity contribution in [3.63, 3.8) is 0 Å². The number of likely N-dealkylation sites (N-methyl/N-ethyl adjacent to an activating group) is 1. The van der Waals surface area contributed by atoms with Crippen molar-refractivity contribution in [3.8, 4) is 0 Å². The molecule has 0 N–H and O–H groups in total. The molecule has 1 saturated heterocycles. The monoisotopic (exact) mass is 394 g/mol. The topological polar surface area (TPSA) is 40.6 Å². The van der Waals surface area contributed by atoms with E-state index < -0.39 is 10.0 Å². The Labute approximate surface area is 145 Å². The summed E-state index contributed by atoms with van der Waals surface area (Å²) in [6.07, 6.45) is 0. The molecule has 0 unspecified atom stereocenters. The number of sulfonamides is 1. The number of benzene rings is 2. The van der Waals surface area contributed by atoms with Gasteiger partial charge in [0, 0.05) is 24.1 Å². The summed E-state index contributed by atoms with van der Waals surface area (Å²) in [7, 11) is -1.50. The van der Waals surface area contributed by atoms with Gasteiger partial charge in [-0.1, -0.05) is 52.3 Å². The highest BCUT2D eigenvalue weighted by atomic mass is 79.9.